The molecule has 20 heavy (non-hydrogen) atoms. The molecule has 0 bridgehead atoms. The molecule has 3 rings (SSSR count). The molecule has 0 saturated heterocycles. The Bertz CT molecular complexity index is 633. The van der Waals surface area contributed by atoms with Crippen LogP contribution in [0.2, 0.25) is 0 Å². The van der Waals surface area contributed by atoms with E-state index < -0.39 is 6.04 Å². The largest absolute Gasteiger partial charge is 0.335 e. The zero-order valence-electron chi connectivity index (χ0n) is 10.9. The average Bonchev–Trinajstić information content (AvgIpc) is 3.18. The van der Waals surface area contributed by atoms with E-state index in [1.807, 2.05) is 16.7 Å². The highest BCUT2D eigenvalue weighted by atomic mass is 16.3. The highest BCUT2D eigenvalue weighted by Crippen LogP contribution is 2.27. The van der Waals surface area contributed by atoms with Crippen LogP contribution < -0.4 is 0 Å². The summed E-state index contributed by atoms with van der Waals surface area (Å²) in [5, 5.41) is 3.17. The Hall–Kier alpha value is -2.48. The first-order chi connectivity index (χ1) is 9.85. The Balaban J connectivity index is 1.71. The predicted molar refractivity (Wildman–Crippen MR) is 74.6 cm³/mol. The second kappa shape index (κ2) is 5.66. The van der Waals surface area contributed by atoms with Gasteiger partial charge in [0.15, 0.2) is 0 Å². The summed E-state index contributed by atoms with van der Waals surface area (Å²) in [5.74, 6) is 6.77. The predicted octanol–water partition coefficient (Wildman–Crippen LogP) is 2.55. The molecular weight excluding hydrogens is 252 g/mol. The van der Waals surface area contributed by atoms with Crippen molar-refractivity contribution in [1.82, 2.24) is 14.5 Å². The van der Waals surface area contributed by atoms with Gasteiger partial charge < -0.3 is 4.57 Å². The van der Waals surface area contributed by atoms with Gasteiger partial charge in [0.2, 0.25) is 0 Å². The van der Waals surface area contributed by atoms with Crippen LogP contribution in [0.15, 0.2) is 42.2 Å². The van der Waals surface area contributed by atoms with Gasteiger partial charge >= 0.3 is 0 Å². The maximum Gasteiger partial charge on any atom is 0.136 e. The van der Waals surface area contributed by atoms with Crippen molar-refractivity contribution >= 4 is 0 Å². The normalized spacial score (nSPS) is 15.2. The summed E-state index contributed by atoms with van der Waals surface area (Å²) >= 11 is 0. The molecule has 100 valence electrons. The molecule has 0 aliphatic heterocycles. The molecule has 5 heteroatoms. The van der Waals surface area contributed by atoms with Gasteiger partial charge in [0, 0.05) is 30.1 Å². The van der Waals surface area contributed by atoms with Crippen molar-refractivity contribution in [3.63, 3.8) is 0 Å². The maximum absolute atomic E-state index is 11.0. The monoisotopic (exact) mass is 266 g/mol. The Kier molecular flexibility index (Phi) is 3.55. The molecule has 1 aliphatic rings. The van der Waals surface area contributed by atoms with E-state index in [-0.39, 0.29) is 0 Å². The number of pyridine rings is 1. The number of nitrogens with zero attached hydrogens (tertiary/aromatic N) is 4. The molecule has 0 N–H and O–H groups in total. The fraction of sp³-hybridized carbons (Fsp3) is 0.333. The van der Waals surface area contributed by atoms with Crippen molar-refractivity contribution in [1.29, 1.82) is 0 Å². The van der Waals surface area contributed by atoms with Crippen LogP contribution in [-0.2, 0) is 6.54 Å². The summed E-state index contributed by atoms with van der Waals surface area (Å²) in [5.41, 5.74) is 1.54. The average molecular weight is 266 g/mol. The molecule has 1 saturated carbocycles. The van der Waals surface area contributed by atoms with E-state index >= 15 is 0 Å². The third-order valence-corrected chi connectivity index (χ3v) is 3.22. The Labute approximate surface area is 117 Å². The standard InChI is InChI=1S/C15H14N4O/c20-18-15(10-19-8-7-16-11-19)13-4-6-14(17-9-13)5-3-12-1-2-12/h4,6-9,11-12,15H,1-2,10H2. The van der Waals surface area contributed by atoms with Gasteiger partial charge in [-0.15, -0.1) is 0 Å². The van der Waals surface area contributed by atoms with Crippen LogP contribution in [0.25, 0.3) is 0 Å². The van der Waals surface area contributed by atoms with Gasteiger partial charge in [0.05, 0.1) is 12.9 Å². The first-order valence-corrected chi connectivity index (χ1v) is 6.61. The number of imidazole rings is 1. The summed E-state index contributed by atoms with van der Waals surface area (Å²) in [6, 6.07) is 3.26. The van der Waals surface area contributed by atoms with E-state index in [1.165, 1.54) is 12.8 Å². The van der Waals surface area contributed by atoms with Crippen LogP contribution in [0.5, 0.6) is 0 Å². The van der Waals surface area contributed by atoms with Gasteiger partial charge in [0.1, 0.15) is 11.7 Å². The zero-order chi connectivity index (χ0) is 13.8. The summed E-state index contributed by atoms with van der Waals surface area (Å²) in [6.07, 6.45) is 9.24. The molecule has 1 aliphatic carbocycles. The van der Waals surface area contributed by atoms with E-state index in [2.05, 4.69) is 27.0 Å². The molecule has 0 spiro atoms. The number of hydrogen-bond acceptors (Lipinski definition) is 4. The van der Waals surface area contributed by atoms with Crippen LogP contribution in [0, 0.1) is 22.7 Å². The molecule has 0 radical (unpaired) electrons. The van der Waals surface area contributed by atoms with Crippen molar-refractivity contribution in [2.24, 2.45) is 11.1 Å². The molecule has 0 aromatic carbocycles. The second-order valence-electron chi connectivity index (χ2n) is 4.90. The topological polar surface area (TPSA) is 60.1 Å². The smallest absolute Gasteiger partial charge is 0.136 e. The van der Waals surface area contributed by atoms with Crippen LogP contribution in [0.3, 0.4) is 0 Å². The fourth-order valence-corrected chi connectivity index (χ4v) is 1.87. The summed E-state index contributed by atoms with van der Waals surface area (Å²) in [4.78, 5) is 19.2. The highest BCUT2D eigenvalue weighted by molar-refractivity contribution is 5.31. The lowest BCUT2D eigenvalue weighted by Gasteiger charge is -2.09. The van der Waals surface area contributed by atoms with Crippen LogP contribution in [0.1, 0.15) is 30.1 Å². The van der Waals surface area contributed by atoms with Crippen LogP contribution in [-0.4, -0.2) is 14.5 Å². The van der Waals surface area contributed by atoms with Crippen LogP contribution in [0.4, 0.5) is 0 Å². The quantitative estimate of drug-likeness (QED) is 0.631. The number of hydrogen-bond donors (Lipinski definition) is 0. The van der Waals surface area contributed by atoms with Crippen molar-refractivity contribution in [2.45, 2.75) is 25.4 Å². The third kappa shape index (κ3) is 3.09. The van der Waals surface area contributed by atoms with Gasteiger partial charge in [-0.05, 0) is 24.8 Å². The van der Waals surface area contributed by atoms with Gasteiger partial charge in [-0.25, -0.2) is 9.97 Å². The number of nitroso groups, excluding NO2 is 1. The number of rotatable bonds is 4. The molecule has 2 aromatic heterocycles. The van der Waals surface area contributed by atoms with Gasteiger partial charge in [-0.2, -0.15) is 4.91 Å². The molecule has 0 amide bonds. The zero-order valence-corrected chi connectivity index (χ0v) is 10.9. The van der Waals surface area contributed by atoms with Gasteiger partial charge in [0.25, 0.3) is 0 Å². The summed E-state index contributed by atoms with van der Waals surface area (Å²) in [6.45, 7) is 0.471. The van der Waals surface area contributed by atoms with E-state index in [1.54, 1.807) is 24.9 Å². The maximum atomic E-state index is 11.0. The van der Waals surface area contributed by atoms with Crippen molar-refractivity contribution < 1.29 is 0 Å². The first kappa shape index (κ1) is 12.5. The van der Waals surface area contributed by atoms with Crippen molar-refractivity contribution in [3.05, 3.63) is 53.2 Å². The van der Waals surface area contributed by atoms with Crippen LogP contribution >= 0.6 is 0 Å². The molecule has 2 heterocycles. The first-order valence-electron chi connectivity index (χ1n) is 6.61. The Morgan fingerprint density at radius 3 is 2.95 bits per heavy atom. The second-order valence-corrected chi connectivity index (χ2v) is 4.90. The highest BCUT2D eigenvalue weighted by Gasteiger charge is 2.18. The lowest BCUT2D eigenvalue weighted by molar-refractivity contribution is 0.573. The fourth-order valence-electron chi connectivity index (χ4n) is 1.87. The third-order valence-electron chi connectivity index (χ3n) is 3.22. The minimum atomic E-state index is -0.456. The molecule has 1 atom stereocenters. The SMILES string of the molecule is O=NC(Cn1ccnc1)c1ccc(C#CC2CC2)nc1. The van der Waals surface area contributed by atoms with Gasteiger partial charge in [-0.1, -0.05) is 17.2 Å². The molecular formula is C15H14N4O. The van der Waals surface area contributed by atoms with E-state index in [4.69, 9.17) is 0 Å². The summed E-state index contributed by atoms with van der Waals surface area (Å²) < 4.78 is 1.83. The molecule has 2 aromatic rings. The summed E-state index contributed by atoms with van der Waals surface area (Å²) in [7, 11) is 0. The Morgan fingerprint density at radius 1 is 1.45 bits per heavy atom. The molecule has 1 fully saturated rings. The van der Waals surface area contributed by atoms with Crippen molar-refractivity contribution in [3.8, 4) is 11.8 Å². The lowest BCUT2D eigenvalue weighted by atomic mass is 10.1. The van der Waals surface area contributed by atoms with Gasteiger partial charge in [-0.3, -0.25) is 0 Å². The number of aromatic nitrogens is 3. The lowest BCUT2D eigenvalue weighted by Crippen LogP contribution is -2.06. The Morgan fingerprint density at radius 2 is 2.35 bits per heavy atom. The van der Waals surface area contributed by atoms with E-state index in [9.17, 15) is 4.91 Å². The minimum absolute atomic E-state index is 0.456. The molecule has 1 unspecified atom stereocenters. The van der Waals surface area contributed by atoms with E-state index in [0.29, 0.717) is 12.5 Å². The molecule has 5 nitrogen and oxygen atoms in total. The minimum Gasteiger partial charge on any atom is -0.335 e. The van der Waals surface area contributed by atoms with Crippen molar-refractivity contribution in [2.75, 3.05) is 0 Å². The van der Waals surface area contributed by atoms with E-state index in [0.717, 1.165) is 11.3 Å².